The van der Waals surface area contributed by atoms with Crippen molar-refractivity contribution in [1.82, 2.24) is 24.8 Å². The predicted molar refractivity (Wildman–Crippen MR) is 79.3 cm³/mol. The fourth-order valence-corrected chi connectivity index (χ4v) is 2.70. The van der Waals surface area contributed by atoms with Gasteiger partial charge in [-0.2, -0.15) is 10.1 Å². The minimum atomic E-state index is -0.0940. The van der Waals surface area contributed by atoms with Crippen molar-refractivity contribution in [3.05, 3.63) is 52.0 Å². The monoisotopic (exact) mass is 313 g/mol. The topological polar surface area (TPSA) is 90.2 Å². The van der Waals surface area contributed by atoms with Crippen molar-refractivity contribution in [2.75, 3.05) is 6.54 Å². The molecule has 1 aliphatic heterocycles. The van der Waals surface area contributed by atoms with E-state index < -0.39 is 0 Å². The normalized spacial score (nSPS) is 14.8. The molecule has 0 spiro atoms. The highest BCUT2D eigenvalue weighted by Crippen LogP contribution is 2.19. The van der Waals surface area contributed by atoms with Gasteiger partial charge in [0.1, 0.15) is 0 Å². The van der Waals surface area contributed by atoms with Crippen LogP contribution in [0.4, 0.5) is 0 Å². The van der Waals surface area contributed by atoms with E-state index >= 15 is 0 Å². The van der Waals surface area contributed by atoms with Crippen molar-refractivity contribution in [1.29, 1.82) is 0 Å². The third kappa shape index (κ3) is 2.68. The fraction of sp³-hybridized carbons (Fsp3) is 0.333. The van der Waals surface area contributed by atoms with Crippen LogP contribution in [0.1, 0.15) is 17.1 Å². The van der Waals surface area contributed by atoms with E-state index in [1.54, 1.807) is 31.5 Å². The van der Waals surface area contributed by atoms with Gasteiger partial charge in [0, 0.05) is 32.6 Å². The van der Waals surface area contributed by atoms with Gasteiger partial charge >= 0.3 is 0 Å². The summed E-state index contributed by atoms with van der Waals surface area (Å²) in [5, 5.41) is 8.23. The highest BCUT2D eigenvalue weighted by molar-refractivity contribution is 5.44. The lowest BCUT2D eigenvalue weighted by molar-refractivity contribution is 0.207. The summed E-state index contributed by atoms with van der Waals surface area (Å²) in [5.41, 5.74) is 1.85. The SMILES string of the molecule is Cn1nc2c(cc1=O)CN(Cc1nc(-c3ccco3)no1)CC2. The molecule has 4 rings (SSSR count). The molecule has 0 aromatic carbocycles. The molecule has 0 fully saturated rings. The summed E-state index contributed by atoms with van der Waals surface area (Å²) in [5.74, 6) is 1.55. The molecule has 0 N–H and O–H groups in total. The van der Waals surface area contributed by atoms with Gasteiger partial charge in [-0.15, -0.1) is 0 Å². The molecule has 0 saturated carbocycles. The molecule has 3 aromatic heterocycles. The summed E-state index contributed by atoms with van der Waals surface area (Å²) in [6, 6.07) is 5.21. The first-order valence-electron chi connectivity index (χ1n) is 7.34. The highest BCUT2D eigenvalue weighted by atomic mass is 16.5. The number of hydrogen-bond acceptors (Lipinski definition) is 7. The molecule has 0 atom stereocenters. The predicted octanol–water partition coefficient (Wildman–Crippen LogP) is 0.982. The quantitative estimate of drug-likeness (QED) is 0.712. The van der Waals surface area contributed by atoms with Crippen molar-refractivity contribution >= 4 is 0 Å². The lowest BCUT2D eigenvalue weighted by Crippen LogP contribution is -2.34. The van der Waals surface area contributed by atoms with E-state index in [1.807, 2.05) is 0 Å². The number of aromatic nitrogens is 4. The summed E-state index contributed by atoms with van der Waals surface area (Å²) >= 11 is 0. The summed E-state index contributed by atoms with van der Waals surface area (Å²) in [7, 11) is 1.67. The molecular weight excluding hydrogens is 298 g/mol. The Hall–Kier alpha value is -2.74. The third-order valence-electron chi connectivity index (χ3n) is 3.89. The Morgan fingerprint density at radius 1 is 1.39 bits per heavy atom. The van der Waals surface area contributed by atoms with E-state index in [9.17, 15) is 4.79 Å². The van der Waals surface area contributed by atoms with E-state index in [2.05, 4.69) is 20.1 Å². The first-order chi connectivity index (χ1) is 11.2. The smallest absolute Gasteiger partial charge is 0.266 e. The Kier molecular flexibility index (Phi) is 3.30. The molecule has 0 amide bonds. The zero-order chi connectivity index (χ0) is 15.8. The third-order valence-corrected chi connectivity index (χ3v) is 3.89. The van der Waals surface area contributed by atoms with E-state index in [0.29, 0.717) is 30.6 Å². The van der Waals surface area contributed by atoms with E-state index in [1.165, 1.54) is 4.68 Å². The molecule has 8 nitrogen and oxygen atoms in total. The second kappa shape index (κ2) is 5.47. The molecule has 0 bridgehead atoms. The fourth-order valence-electron chi connectivity index (χ4n) is 2.70. The van der Waals surface area contributed by atoms with Crippen LogP contribution in [0.3, 0.4) is 0 Å². The number of hydrogen-bond donors (Lipinski definition) is 0. The summed E-state index contributed by atoms with van der Waals surface area (Å²) in [6.45, 7) is 2.01. The maximum absolute atomic E-state index is 11.7. The Morgan fingerprint density at radius 2 is 2.30 bits per heavy atom. The van der Waals surface area contributed by atoms with E-state index in [4.69, 9.17) is 8.94 Å². The molecule has 23 heavy (non-hydrogen) atoms. The first kappa shape index (κ1) is 13.9. The second-order valence-electron chi connectivity index (χ2n) is 5.53. The molecule has 8 heteroatoms. The van der Waals surface area contributed by atoms with E-state index in [-0.39, 0.29) is 5.56 Å². The van der Waals surface area contributed by atoms with Crippen LogP contribution in [0.5, 0.6) is 0 Å². The van der Waals surface area contributed by atoms with Crippen LogP contribution in [0.15, 0.2) is 38.2 Å². The highest BCUT2D eigenvalue weighted by Gasteiger charge is 2.21. The summed E-state index contributed by atoms with van der Waals surface area (Å²) < 4.78 is 11.9. The van der Waals surface area contributed by atoms with Crippen LogP contribution >= 0.6 is 0 Å². The Bertz CT molecular complexity index is 881. The Morgan fingerprint density at radius 3 is 3.13 bits per heavy atom. The van der Waals surface area contributed by atoms with Gasteiger partial charge in [0.05, 0.1) is 18.5 Å². The lowest BCUT2D eigenvalue weighted by atomic mass is 10.1. The van der Waals surface area contributed by atoms with Crippen molar-refractivity contribution in [3.8, 4) is 11.6 Å². The van der Waals surface area contributed by atoms with Gasteiger partial charge in [-0.3, -0.25) is 9.69 Å². The summed E-state index contributed by atoms with van der Waals surface area (Å²) in [4.78, 5) is 18.2. The largest absolute Gasteiger partial charge is 0.461 e. The summed E-state index contributed by atoms with van der Waals surface area (Å²) in [6.07, 6.45) is 2.36. The standard InChI is InChI=1S/C15H15N5O3/c1-19-14(21)7-10-8-20(5-4-11(10)17-19)9-13-16-15(18-23-13)12-3-2-6-22-12/h2-3,6-7H,4-5,8-9H2,1H3. The van der Waals surface area contributed by atoms with Crippen LogP contribution in [0.25, 0.3) is 11.6 Å². The van der Waals surface area contributed by atoms with Gasteiger partial charge in [-0.1, -0.05) is 5.16 Å². The number of fused-ring (bicyclic) bond motifs is 1. The van der Waals surface area contributed by atoms with Crippen molar-refractivity contribution in [3.63, 3.8) is 0 Å². The van der Waals surface area contributed by atoms with Gasteiger partial charge in [0.2, 0.25) is 11.7 Å². The molecule has 0 unspecified atom stereocenters. The lowest BCUT2D eigenvalue weighted by Gasteiger charge is -2.26. The van der Waals surface area contributed by atoms with Crippen LogP contribution in [-0.4, -0.2) is 31.4 Å². The number of rotatable bonds is 3. The molecular formula is C15H15N5O3. The van der Waals surface area contributed by atoms with E-state index in [0.717, 1.165) is 24.2 Å². The van der Waals surface area contributed by atoms with Crippen molar-refractivity contribution < 1.29 is 8.94 Å². The van der Waals surface area contributed by atoms with Gasteiger partial charge in [-0.05, 0) is 17.7 Å². The van der Waals surface area contributed by atoms with Gasteiger partial charge in [0.25, 0.3) is 5.56 Å². The van der Waals surface area contributed by atoms with Crippen molar-refractivity contribution in [2.45, 2.75) is 19.5 Å². The maximum Gasteiger partial charge on any atom is 0.266 e. The van der Waals surface area contributed by atoms with Crippen LogP contribution in [0, 0.1) is 0 Å². The van der Waals surface area contributed by atoms with Gasteiger partial charge < -0.3 is 8.94 Å². The second-order valence-corrected chi connectivity index (χ2v) is 5.53. The molecule has 1 aliphatic rings. The van der Waals surface area contributed by atoms with Gasteiger partial charge in [-0.25, -0.2) is 4.68 Å². The zero-order valence-electron chi connectivity index (χ0n) is 12.6. The van der Waals surface area contributed by atoms with Crippen LogP contribution < -0.4 is 5.56 Å². The molecule has 3 aromatic rings. The first-order valence-corrected chi connectivity index (χ1v) is 7.34. The average Bonchev–Trinajstić information content (AvgIpc) is 3.20. The molecule has 0 saturated heterocycles. The molecule has 4 heterocycles. The van der Waals surface area contributed by atoms with Crippen LogP contribution in [0.2, 0.25) is 0 Å². The minimum Gasteiger partial charge on any atom is -0.461 e. The Balaban J connectivity index is 1.50. The zero-order valence-corrected chi connectivity index (χ0v) is 12.6. The number of aryl methyl sites for hydroxylation is 1. The van der Waals surface area contributed by atoms with Crippen LogP contribution in [-0.2, 0) is 26.6 Å². The average molecular weight is 313 g/mol. The number of nitrogens with zero attached hydrogens (tertiary/aromatic N) is 5. The molecule has 0 aliphatic carbocycles. The van der Waals surface area contributed by atoms with Crippen molar-refractivity contribution in [2.24, 2.45) is 7.05 Å². The Labute approximate surface area is 131 Å². The molecule has 118 valence electrons. The minimum absolute atomic E-state index is 0.0940. The number of furan rings is 1. The maximum atomic E-state index is 11.7. The van der Waals surface area contributed by atoms with Gasteiger partial charge in [0.15, 0.2) is 5.76 Å². The molecule has 0 radical (unpaired) electrons.